The minimum Gasteiger partial charge on any atom is -0.325 e. The zero-order valence-electron chi connectivity index (χ0n) is 11.9. The fraction of sp³-hybridized carbons (Fsp3) is 0.500. The summed E-state index contributed by atoms with van der Waals surface area (Å²) in [5, 5.41) is 3.13. The molecule has 0 aliphatic heterocycles. The molecule has 0 spiro atoms. The predicted octanol–water partition coefficient (Wildman–Crippen LogP) is 4.49. The van der Waals surface area contributed by atoms with Crippen molar-refractivity contribution in [3.8, 4) is 0 Å². The molecule has 1 amide bonds. The molecule has 0 atom stereocenters. The molecule has 1 rings (SSSR count). The minimum absolute atomic E-state index is 0.0368. The van der Waals surface area contributed by atoms with Gasteiger partial charge in [0.15, 0.2) is 0 Å². The molecule has 4 heteroatoms. The van der Waals surface area contributed by atoms with Crippen LogP contribution in [0, 0.1) is 0 Å². The summed E-state index contributed by atoms with van der Waals surface area (Å²) < 4.78 is 0. The number of nitrogens with one attached hydrogen (secondary N) is 1. The average molecular weight is 295 g/mol. The molecule has 20 heavy (non-hydrogen) atoms. The van der Waals surface area contributed by atoms with Gasteiger partial charge in [0.1, 0.15) is 0 Å². The van der Waals surface area contributed by atoms with E-state index in [1.807, 2.05) is 0 Å². The molecular formula is C16H21ClNO2. The fourth-order valence-electron chi connectivity index (χ4n) is 1.96. The van der Waals surface area contributed by atoms with E-state index in [0.717, 1.165) is 12.8 Å². The van der Waals surface area contributed by atoms with E-state index >= 15 is 0 Å². The van der Waals surface area contributed by atoms with E-state index in [9.17, 15) is 9.59 Å². The lowest BCUT2D eigenvalue weighted by atomic mass is 10.1. The normalized spacial score (nSPS) is 10.3. The van der Waals surface area contributed by atoms with Crippen LogP contribution in [0.3, 0.4) is 0 Å². The highest BCUT2D eigenvalue weighted by atomic mass is 35.5. The highest BCUT2D eigenvalue weighted by Gasteiger charge is 2.06. The van der Waals surface area contributed by atoms with Crippen LogP contribution in [0.4, 0.5) is 5.69 Å². The van der Waals surface area contributed by atoms with Crippen molar-refractivity contribution in [2.45, 2.75) is 51.9 Å². The van der Waals surface area contributed by atoms with Crippen LogP contribution in [0.5, 0.6) is 0 Å². The summed E-state index contributed by atoms with van der Waals surface area (Å²) in [5.41, 5.74) is 0.922. The van der Waals surface area contributed by atoms with Gasteiger partial charge in [0.2, 0.25) is 12.2 Å². The van der Waals surface area contributed by atoms with Crippen molar-refractivity contribution < 1.29 is 9.59 Å². The number of hydrogen-bond acceptors (Lipinski definition) is 2. The van der Waals surface area contributed by atoms with E-state index in [0.29, 0.717) is 22.7 Å². The Morgan fingerprint density at radius 1 is 1.20 bits per heavy atom. The van der Waals surface area contributed by atoms with E-state index in [1.165, 1.54) is 31.7 Å². The fourth-order valence-corrected chi connectivity index (χ4v) is 2.19. The lowest BCUT2D eigenvalue weighted by Crippen LogP contribution is -2.11. The average Bonchev–Trinajstić information content (AvgIpc) is 2.45. The highest BCUT2D eigenvalue weighted by molar-refractivity contribution is 6.34. The standard InChI is InChI=1S/C16H21ClNO2/c1-2-3-4-5-6-7-8-16(20)18-15-10-9-13(12-19)11-14(15)17/h9-11H,2-8H2,1H3,(H,18,20). The number of carbonyl (C=O) groups is 1. The molecule has 0 fully saturated rings. The van der Waals surface area contributed by atoms with Gasteiger partial charge < -0.3 is 5.32 Å². The molecule has 0 heterocycles. The van der Waals surface area contributed by atoms with Crippen molar-refractivity contribution in [3.05, 3.63) is 28.8 Å². The van der Waals surface area contributed by atoms with E-state index in [1.54, 1.807) is 18.4 Å². The topological polar surface area (TPSA) is 46.2 Å². The van der Waals surface area contributed by atoms with Gasteiger partial charge >= 0.3 is 0 Å². The van der Waals surface area contributed by atoms with Gasteiger partial charge in [-0.05, 0) is 24.6 Å². The van der Waals surface area contributed by atoms with Gasteiger partial charge in [0.05, 0.1) is 10.7 Å². The third-order valence-corrected chi connectivity index (χ3v) is 3.43. The van der Waals surface area contributed by atoms with Gasteiger partial charge in [-0.1, -0.05) is 50.6 Å². The van der Waals surface area contributed by atoms with E-state index < -0.39 is 0 Å². The van der Waals surface area contributed by atoms with Crippen molar-refractivity contribution in [2.75, 3.05) is 5.32 Å². The summed E-state index contributed by atoms with van der Waals surface area (Å²) >= 11 is 5.98. The molecule has 109 valence electrons. The maximum absolute atomic E-state index is 11.8. The first-order chi connectivity index (χ1) is 9.67. The number of amides is 1. The molecule has 0 aliphatic carbocycles. The largest absolute Gasteiger partial charge is 0.325 e. The Morgan fingerprint density at radius 3 is 2.55 bits per heavy atom. The second kappa shape index (κ2) is 9.54. The second-order valence-electron chi connectivity index (χ2n) is 4.86. The summed E-state index contributed by atoms with van der Waals surface area (Å²) in [6.45, 7) is 2.19. The van der Waals surface area contributed by atoms with Crippen LogP contribution in [-0.2, 0) is 9.59 Å². The maximum atomic E-state index is 11.8. The zero-order valence-corrected chi connectivity index (χ0v) is 12.6. The first kappa shape index (κ1) is 16.7. The first-order valence-electron chi connectivity index (χ1n) is 7.15. The quantitative estimate of drug-likeness (QED) is 0.682. The van der Waals surface area contributed by atoms with Crippen LogP contribution >= 0.6 is 11.6 Å². The Bertz CT molecular complexity index is 446. The molecule has 0 aromatic heterocycles. The SMILES string of the molecule is CCCCCCCCC(=O)Nc1ccc([C]=O)cc1Cl. The van der Waals surface area contributed by atoms with Crippen molar-refractivity contribution >= 4 is 29.5 Å². The molecule has 0 aliphatic rings. The molecule has 1 aromatic carbocycles. The predicted molar refractivity (Wildman–Crippen MR) is 82.9 cm³/mol. The van der Waals surface area contributed by atoms with Gasteiger partial charge in [0.25, 0.3) is 0 Å². The zero-order chi connectivity index (χ0) is 14.8. The molecule has 1 aromatic rings. The van der Waals surface area contributed by atoms with E-state index in [-0.39, 0.29) is 5.91 Å². The summed E-state index contributed by atoms with van der Waals surface area (Å²) in [7, 11) is 0. The first-order valence-corrected chi connectivity index (χ1v) is 7.52. The van der Waals surface area contributed by atoms with Crippen molar-refractivity contribution in [2.24, 2.45) is 0 Å². The molecule has 0 bridgehead atoms. The molecule has 1 N–H and O–H groups in total. The Kier molecular flexibility index (Phi) is 7.97. The van der Waals surface area contributed by atoms with Crippen molar-refractivity contribution in [1.29, 1.82) is 0 Å². The Balaban J connectivity index is 2.30. The van der Waals surface area contributed by atoms with Gasteiger partial charge in [-0.25, -0.2) is 0 Å². The van der Waals surface area contributed by atoms with Crippen molar-refractivity contribution in [3.63, 3.8) is 0 Å². The van der Waals surface area contributed by atoms with Crippen LogP contribution in [0.15, 0.2) is 18.2 Å². The van der Waals surface area contributed by atoms with Crippen LogP contribution < -0.4 is 5.32 Å². The minimum atomic E-state index is -0.0368. The summed E-state index contributed by atoms with van der Waals surface area (Å²) in [6.07, 6.45) is 9.17. The van der Waals surface area contributed by atoms with E-state index in [4.69, 9.17) is 11.6 Å². The van der Waals surface area contributed by atoms with Gasteiger partial charge in [-0.2, -0.15) is 0 Å². The van der Waals surface area contributed by atoms with E-state index in [2.05, 4.69) is 12.2 Å². The third-order valence-electron chi connectivity index (χ3n) is 3.12. The van der Waals surface area contributed by atoms with Gasteiger partial charge in [0, 0.05) is 12.0 Å². The number of hydrogen-bond donors (Lipinski definition) is 1. The Hall–Kier alpha value is -1.35. The van der Waals surface area contributed by atoms with Gasteiger partial charge in [-0.15, -0.1) is 0 Å². The Labute approximate surface area is 125 Å². The number of benzene rings is 1. The third kappa shape index (κ3) is 6.20. The second-order valence-corrected chi connectivity index (χ2v) is 5.27. The van der Waals surface area contributed by atoms with Crippen LogP contribution in [-0.4, -0.2) is 12.2 Å². The molecule has 3 nitrogen and oxygen atoms in total. The molecule has 0 saturated heterocycles. The van der Waals surface area contributed by atoms with Crippen LogP contribution in [0.2, 0.25) is 5.02 Å². The lowest BCUT2D eigenvalue weighted by Gasteiger charge is -2.07. The van der Waals surface area contributed by atoms with Gasteiger partial charge in [-0.3, -0.25) is 9.59 Å². The number of rotatable bonds is 9. The monoisotopic (exact) mass is 294 g/mol. The maximum Gasteiger partial charge on any atom is 0.233 e. The van der Waals surface area contributed by atoms with Crippen LogP contribution in [0.25, 0.3) is 0 Å². The summed E-state index contributed by atoms with van der Waals surface area (Å²) in [4.78, 5) is 22.2. The van der Waals surface area contributed by atoms with Crippen molar-refractivity contribution in [1.82, 2.24) is 0 Å². The number of halogens is 1. The van der Waals surface area contributed by atoms with Crippen LogP contribution in [0.1, 0.15) is 57.4 Å². The summed E-state index contributed by atoms with van der Waals surface area (Å²) in [6, 6.07) is 4.70. The summed E-state index contributed by atoms with van der Waals surface area (Å²) in [5.74, 6) is -0.0368. The number of anilines is 1. The highest BCUT2D eigenvalue weighted by Crippen LogP contribution is 2.22. The smallest absolute Gasteiger partial charge is 0.233 e. The number of carbonyl (C=O) groups excluding carboxylic acids is 2. The molecule has 0 saturated carbocycles. The molecule has 0 unspecified atom stereocenters. The molecular weight excluding hydrogens is 274 g/mol. The Morgan fingerprint density at radius 2 is 1.90 bits per heavy atom. The molecule has 1 radical (unpaired) electrons. The lowest BCUT2D eigenvalue weighted by molar-refractivity contribution is -0.116. The number of unbranched alkanes of at least 4 members (excludes halogenated alkanes) is 5.